The zero-order chi connectivity index (χ0) is 17.5. The Hall–Kier alpha value is -1.73. The van der Waals surface area contributed by atoms with Crippen molar-refractivity contribution in [3.05, 3.63) is 29.8 Å². The van der Waals surface area contributed by atoms with Gasteiger partial charge in [0.15, 0.2) is 0 Å². The number of benzene rings is 1. The largest absolute Gasteiger partial charge is 0.435 e. The van der Waals surface area contributed by atoms with E-state index < -0.39 is 6.61 Å². The maximum atomic E-state index is 12.1. The van der Waals surface area contributed by atoms with Gasteiger partial charge in [0, 0.05) is 38.8 Å². The molecule has 0 unspecified atom stereocenters. The SMILES string of the molecule is CC(C)NC(=O)CN1CCN(Cc2ccc(OC(F)F)cc2)CC1. The van der Waals surface area contributed by atoms with Gasteiger partial charge in [-0.25, -0.2) is 0 Å². The number of rotatable bonds is 7. The normalized spacial score (nSPS) is 16.6. The summed E-state index contributed by atoms with van der Waals surface area (Å²) in [5.41, 5.74) is 1.06. The van der Waals surface area contributed by atoms with Crippen LogP contribution in [0.2, 0.25) is 0 Å². The van der Waals surface area contributed by atoms with E-state index in [4.69, 9.17) is 0 Å². The van der Waals surface area contributed by atoms with Crippen LogP contribution in [0.5, 0.6) is 5.75 Å². The first-order chi connectivity index (χ1) is 11.4. The van der Waals surface area contributed by atoms with E-state index in [1.807, 2.05) is 13.8 Å². The Morgan fingerprint density at radius 1 is 1.12 bits per heavy atom. The summed E-state index contributed by atoms with van der Waals surface area (Å²) in [6.45, 7) is 5.76. The number of hydrogen-bond acceptors (Lipinski definition) is 4. The van der Waals surface area contributed by atoms with Crippen molar-refractivity contribution in [2.45, 2.75) is 33.0 Å². The minimum absolute atomic E-state index is 0.0630. The molecule has 0 saturated carbocycles. The summed E-state index contributed by atoms with van der Waals surface area (Å²) in [5.74, 6) is 0.239. The third-order valence-electron chi connectivity index (χ3n) is 3.84. The first kappa shape index (κ1) is 18.6. The minimum atomic E-state index is -2.79. The zero-order valence-electron chi connectivity index (χ0n) is 14.2. The molecule has 1 fully saturated rings. The van der Waals surface area contributed by atoms with Crippen LogP contribution in [0.4, 0.5) is 8.78 Å². The number of halogens is 2. The number of amides is 1. The molecule has 0 radical (unpaired) electrons. The van der Waals surface area contributed by atoms with Crippen molar-refractivity contribution in [1.29, 1.82) is 0 Å². The number of carbonyl (C=O) groups is 1. The van der Waals surface area contributed by atoms with Crippen molar-refractivity contribution in [2.75, 3.05) is 32.7 Å². The van der Waals surface area contributed by atoms with E-state index in [2.05, 4.69) is 19.9 Å². The predicted octanol–water partition coefficient (Wildman–Crippen LogP) is 1.93. The third-order valence-corrected chi connectivity index (χ3v) is 3.84. The number of nitrogens with one attached hydrogen (secondary N) is 1. The van der Waals surface area contributed by atoms with Gasteiger partial charge < -0.3 is 10.1 Å². The van der Waals surface area contributed by atoms with Crippen molar-refractivity contribution in [3.8, 4) is 5.75 Å². The zero-order valence-corrected chi connectivity index (χ0v) is 14.2. The van der Waals surface area contributed by atoms with Crippen molar-refractivity contribution < 1.29 is 18.3 Å². The molecule has 1 aliphatic rings. The molecule has 5 nitrogen and oxygen atoms in total. The monoisotopic (exact) mass is 341 g/mol. The Morgan fingerprint density at radius 3 is 2.25 bits per heavy atom. The van der Waals surface area contributed by atoms with E-state index in [1.165, 1.54) is 0 Å². The highest BCUT2D eigenvalue weighted by molar-refractivity contribution is 5.78. The summed E-state index contributed by atoms with van der Waals surface area (Å²) in [4.78, 5) is 16.2. The second-order valence-corrected chi connectivity index (χ2v) is 6.30. The Labute approximate surface area is 141 Å². The molecule has 1 aromatic rings. The van der Waals surface area contributed by atoms with Crippen LogP contribution in [0.1, 0.15) is 19.4 Å². The highest BCUT2D eigenvalue weighted by Gasteiger charge is 2.19. The molecule has 0 spiro atoms. The van der Waals surface area contributed by atoms with Crippen LogP contribution in [-0.2, 0) is 11.3 Å². The van der Waals surface area contributed by atoms with E-state index in [1.54, 1.807) is 24.3 Å². The van der Waals surface area contributed by atoms with Crippen molar-refractivity contribution >= 4 is 5.91 Å². The van der Waals surface area contributed by atoms with Gasteiger partial charge in [-0.3, -0.25) is 14.6 Å². The molecule has 134 valence electrons. The van der Waals surface area contributed by atoms with Gasteiger partial charge in [-0.2, -0.15) is 8.78 Å². The second kappa shape index (κ2) is 8.94. The summed E-state index contributed by atoms with van der Waals surface area (Å²) in [6, 6.07) is 6.90. The van der Waals surface area contributed by atoms with Crippen LogP contribution >= 0.6 is 0 Å². The quantitative estimate of drug-likeness (QED) is 0.823. The number of ether oxygens (including phenoxy) is 1. The van der Waals surface area contributed by atoms with Gasteiger partial charge in [0.1, 0.15) is 5.75 Å². The van der Waals surface area contributed by atoms with Gasteiger partial charge in [-0.15, -0.1) is 0 Å². The molecule has 1 saturated heterocycles. The molecule has 0 aliphatic carbocycles. The van der Waals surface area contributed by atoms with Gasteiger partial charge in [-0.1, -0.05) is 12.1 Å². The third kappa shape index (κ3) is 6.41. The lowest BCUT2D eigenvalue weighted by Gasteiger charge is -2.34. The van der Waals surface area contributed by atoms with E-state index in [9.17, 15) is 13.6 Å². The van der Waals surface area contributed by atoms with Gasteiger partial charge in [0.05, 0.1) is 6.54 Å². The standard InChI is InChI=1S/C17H25F2N3O2/c1-13(2)20-16(23)12-22-9-7-21(8-10-22)11-14-3-5-15(6-4-14)24-17(18)19/h3-6,13,17H,7-12H2,1-2H3,(H,20,23). The number of piperazine rings is 1. The summed E-state index contributed by atoms with van der Waals surface area (Å²) in [6.07, 6.45) is 0. The van der Waals surface area contributed by atoms with E-state index in [0.717, 1.165) is 38.3 Å². The molecular formula is C17H25F2N3O2. The second-order valence-electron chi connectivity index (χ2n) is 6.30. The first-order valence-electron chi connectivity index (χ1n) is 8.20. The molecule has 1 amide bonds. The lowest BCUT2D eigenvalue weighted by molar-refractivity contribution is -0.123. The molecule has 1 aliphatic heterocycles. The molecule has 0 atom stereocenters. The lowest BCUT2D eigenvalue weighted by atomic mass is 10.2. The Balaban J connectivity index is 1.73. The average Bonchev–Trinajstić information content (AvgIpc) is 2.50. The highest BCUT2D eigenvalue weighted by atomic mass is 19.3. The van der Waals surface area contributed by atoms with Gasteiger partial charge >= 0.3 is 6.61 Å². The molecule has 2 rings (SSSR count). The van der Waals surface area contributed by atoms with Crippen LogP contribution in [0, 0.1) is 0 Å². The Bertz CT molecular complexity index is 515. The maximum Gasteiger partial charge on any atom is 0.387 e. The Morgan fingerprint density at radius 2 is 1.71 bits per heavy atom. The Kier molecular flexibility index (Phi) is 6.93. The van der Waals surface area contributed by atoms with Crippen molar-refractivity contribution in [1.82, 2.24) is 15.1 Å². The van der Waals surface area contributed by atoms with Crippen molar-refractivity contribution in [3.63, 3.8) is 0 Å². The smallest absolute Gasteiger partial charge is 0.387 e. The fourth-order valence-electron chi connectivity index (χ4n) is 2.71. The first-order valence-corrected chi connectivity index (χ1v) is 8.20. The fourth-order valence-corrected chi connectivity index (χ4v) is 2.71. The number of carbonyl (C=O) groups excluding carboxylic acids is 1. The van der Waals surface area contributed by atoms with Crippen LogP contribution in [-0.4, -0.2) is 61.1 Å². The summed E-state index contributed by atoms with van der Waals surface area (Å²) < 4.78 is 28.6. The predicted molar refractivity (Wildman–Crippen MR) is 88.1 cm³/mol. The average molecular weight is 341 g/mol. The minimum Gasteiger partial charge on any atom is -0.435 e. The molecule has 1 heterocycles. The van der Waals surface area contributed by atoms with Crippen molar-refractivity contribution in [2.24, 2.45) is 0 Å². The number of hydrogen-bond donors (Lipinski definition) is 1. The van der Waals surface area contributed by atoms with E-state index in [-0.39, 0.29) is 17.7 Å². The lowest BCUT2D eigenvalue weighted by Crippen LogP contribution is -2.49. The molecule has 0 aromatic heterocycles. The van der Waals surface area contributed by atoms with Crippen LogP contribution in [0.25, 0.3) is 0 Å². The van der Waals surface area contributed by atoms with Gasteiger partial charge in [0.2, 0.25) is 5.91 Å². The molecule has 0 bridgehead atoms. The molecule has 1 N–H and O–H groups in total. The summed E-state index contributed by atoms with van der Waals surface area (Å²) in [5, 5.41) is 2.90. The maximum absolute atomic E-state index is 12.1. The molecule has 7 heteroatoms. The number of alkyl halides is 2. The van der Waals surface area contributed by atoms with E-state index in [0.29, 0.717) is 6.54 Å². The molecule has 1 aromatic carbocycles. The number of nitrogens with zero attached hydrogens (tertiary/aromatic N) is 2. The summed E-state index contributed by atoms with van der Waals surface area (Å²) >= 11 is 0. The van der Waals surface area contributed by atoms with Gasteiger partial charge in [-0.05, 0) is 31.5 Å². The van der Waals surface area contributed by atoms with Crippen LogP contribution in [0.15, 0.2) is 24.3 Å². The van der Waals surface area contributed by atoms with E-state index >= 15 is 0 Å². The highest BCUT2D eigenvalue weighted by Crippen LogP contribution is 2.16. The fraction of sp³-hybridized carbons (Fsp3) is 0.588. The molecule has 24 heavy (non-hydrogen) atoms. The summed E-state index contributed by atoms with van der Waals surface area (Å²) in [7, 11) is 0. The van der Waals surface area contributed by atoms with Crippen LogP contribution < -0.4 is 10.1 Å². The van der Waals surface area contributed by atoms with Gasteiger partial charge in [0.25, 0.3) is 0 Å². The molecular weight excluding hydrogens is 316 g/mol. The topological polar surface area (TPSA) is 44.8 Å². The van der Waals surface area contributed by atoms with Crippen LogP contribution in [0.3, 0.4) is 0 Å².